The van der Waals surface area contributed by atoms with E-state index in [0.29, 0.717) is 5.02 Å². The monoisotopic (exact) mass is 334 g/mol. The standard InChI is InChI=1S/C15H12BrClN2/c1-15(10-18,11-5-3-2-4-6-11)19-12-7-8-14(17)13(16)9-12/h2-9,19H,1H3. The summed E-state index contributed by atoms with van der Waals surface area (Å²) in [5.74, 6) is 0. The number of anilines is 1. The van der Waals surface area contributed by atoms with Crippen LogP contribution in [0.1, 0.15) is 12.5 Å². The average Bonchev–Trinajstić information content (AvgIpc) is 2.44. The first-order valence-corrected chi connectivity index (χ1v) is 6.92. The van der Waals surface area contributed by atoms with Crippen LogP contribution in [0.4, 0.5) is 5.69 Å². The maximum Gasteiger partial charge on any atom is 0.148 e. The van der Waals surface area contributed by atoms with E-state index in [1.165, 1.54) is 0 Å². The number of nitrogens with one attached hydrogen (secondary N) is 1. The van der Waals surface area contributed by atoms with Crippen molar-refractivity contribution in [2.45, 2.75) is 12.5 Å². The molecule has 2 aromatic rings. The van der Waals surface area contributed by atoms with E-state index in [1.807, 2.05) is 49.4 Å². The fourth-order valence-electron chi connectivity index (χ4n) is 1.80. The predicted molar refractivity (Wildman–Crippen MR) is 82.2 cm³/mol. The Labute approximate surface area is 126 Å². The minimum atomic E-state index is -0.783. The summed E-state index contributed by atoms with van der Waals surface area (Å²) in [6.45, 7) is 1.85. The van der Waals surface area contributed by atoms with Gasteiger partial charge in [-0.3, -0.25) is 0 Å². The first kappa shape index (κ1) is 13.9. The number of hydrogen-bond acceptors (Lipinski definition) is 2. The second kappa shape index (κ2) is 5.64. The summed E-state index contributed by atoms with van der Waals surface area (Å²) in [7, 11) is 0. The summed E-state index contributed by atoms with van der Waals surface area (Å²) in [5.41, 5.74) is 0.974. The van der Waals surface area contributed by atoms with Gasteiger partial charge in [0.25, 0.3) is 0 Å². The summed E-state index contributed by atoms with van der Waals surface area (Å²) < 4.78 is 0.799. The van der Waals surface area contributed by atoms with Gasteiger partial charge in [0.05, 0.1) is 11.1 Å². The molecular weight excluding hydrogens is 324 g/mol. The smallest absolute Gasteiger partial charge is 0.148 e. The van der Waals surface area contributed by atoms with Gasteiger partial charge in [0, 0.05) is 10.2 Å². The Balaban J connectivity index is 2.34. The van der Waals surface area contributed by atoms with Crippen LogP contribution in [0.25, 0.3) is 0 Å². The van der Waals surface area contributed by atoms with Crippen LogP contribution in [-0.2, 0) is 5.54 Å². The van der Waals surface area contributed by atoms with E-state index < -0.39 is 5.54 Å². The predicted octanol–water partition coefficient (Wildman–Crippen LogP) is 4.95. The second-order valence-corrected chi connectivity index (χ2v) is 5.62. The average molecular weight is 336 g/mol. The van der Waals surface area contributed by atoms with Gasteiger partial charge in [0.15, 0.2) is 0 Å². The normalized spacial score (nSPS) is 13.4. The first-order chi connectivity index (χ1) is 9.05. The Bertz CT molecular complexity index is 622. The lowest BCUT2D eigenvalue weighted by Gasteiger charge is -2.25. The summed E-state index contributed by atoms with van der Waals surface area (Å²) in [6, 6.07) is 17.5. The first-order valence-electron chi connectivity index (χ1n) is 5.75. The fourth-order valence-corrected chi connectivity index (χ4v) is 2.30. The molecule has 4 heteroatoms. The van der Waals surface area contributed by atoms with Gasteiger partial charge in [-0.1, -0.05) is 41.9 Å². The van der Waals surface area contributed by atoms with Gasteiger partial charge < -0.3 is 5.32 Å². The largest absolute Gasteiger partial charge is 0.364 e. The lowest BCUT2D eigenvalue weighted by molar-refractivity contribution is 0.706. The molecule has 2 aromatic carbocycles. The third kappa shape index (κ3) is 3.09. The SMILES string of the molecule is CC(C#N)(Nc1ccc(Cl)c(Br)c1)c1ccccc1. The quantitative estimate of drug-likeness (QED) is 0.861. The highest BCUT2D eigenvalue weighted by atomic mass is 79.9. The molecule has 0 aromatic heterocycles. The lowest BCUT2D eigenvalue weighted by Crippen LogP contribution is -2.29. The van der Waals surface area contributed by atoms with Crippen LogP contribution in [0.15, 0.2) is 53.0 Å². The summed E-state index contributed by atoms with van der Waals surface area (Å²) in [5, 5.41) is 13.4. The molecule has 1 unspecified atom stereocenters. The number of nitrogens with zero attached hydrogens (tertiary/aromatic N) is 1. The molecule has 0 amide bonds. The van der Waals surface area contributed by atoms with E-state index in [0.717, 1.165) is 15.7 Å². The number of halogens is 2. The summed E-state index contributed by atoms with van der Waals surface area (Å²) in [4.78, 5) is 0. The lowest BCUT2D eigenvalue weighted by atomic mass is 9.93. The molecule has 1 atom stereocenters. The molecule has 0 saturated heterocycles. The van der Waals surface area contributed by atoms with E-state index in [9.17, 15) is 5.26 Å². The molecule has 0 heterocycles. The van der Waals surface area contributed by atoms with Crippen molar-refractivity contribution in [2.24, 2.45) is 0 Å². The number of nitriles is 1. The minimum absolute atomic E-state index is 0.643. The van der Waals surface area contributed by atoms with Gasteiger partial charge in [-0.15, -0.1) is 0 Å². The van der Waals surface area contributed by atoms with Gasteiger partial charge >= 0.3 is 0 Å². The van der Waals surface area contributed by atoms with Gasteiger partial charge in [-0.2, -0.15) is 5.26 Å². The van der Waals surface area contributed by atoms with Crippen molar-refractivity contribution < 1.29 is 0 Å². The van der Waals surface area contributed by atoms with E-state index >= 15 is 0 Å². The van der Waals surface area contributed by atoms with Crippen LogP contribution in [-0.4, -0.2) is 0 Å². The van der Waals surface area contributed by atoms with Crippen LogP contribution >= 0.6 is 27.5 Å². The number of hydrogen-bond donors (Lipinski definition) is 1. The van der Waals surface area contributed by atoms with E-state index in [4.69, 9.17) is 11.6 Å². The van der Waals surface area contributed by atoms with Crippen LogP contribution < -0.4 is 5.32 Å². The third-order valence-corrected chi connectivity index (χ3v) is 4.10. The Morgan fingerprint density at radius 3 is 2.47 bits per heavy atom. The van der Waals surface area contributed by atoms with Gasteiger partial charge in [0.2, 0.25) is 0 Å². The molecule has 2 rings (SSSR count). The maximum atomic E-state index is 9.47. The zero-order chi connectivity index (χ0) is 13.9. The summed E-state index contributed by atoms with van der Waals surface area (Å²) >= 11 is 9.34. The zero-order valence-corrected chi connectivity index (χ0v) is 12.7. The topological polar surface area (TPSA) is 35.8 Å². The van der Waals surface area contributed by atoms with Crippen molar-refractivity contribution in [3.63, 3.8) is 0 Å². The van der Waals surface area contributed by atoms with Crippen LogP contribution in [0.3, 0.4) is 0 Å². The van der Waals surface area contributed by atoms with E-state index in [-0.39, 0.29) is 0 Å². The molecule has 0 saturated carbocycles. The van der Waals surface area contributed by atoms with Crippen molar-refractivity contribution >= 4 is 33.2 Å². The van der Waals surface area contributed by atoms with E-state index in [2.05, 4.69) is 27.3 Å². The molecule has 96 valence electrons. The molecular formula is C15H12BrClN2. The number of rotatable bonds is 3. The molecule has 0 aliphatic carbocycles. The molecule has 0 aliphatic rings. The highest BCUT2D eigenvalue weighted by Crippen LogP contribution is 2.30. The van der Waals surface area contributed by atoms with Crippen molar-refractivity contribution in [2.75, 3.05) is 5.32 Å². The van der Waals surface area contributed by atoms with Gasteiger partial charge in [-0.25, -0.2) is 0 Å². The maximum absolute atomic E-state index is 9.47. The second-order valence-electron chi connectivity index (χ2n) is 4.36. The van der Waals surface area contributed by atoms with Crippen LogP contribution in [0.2, 0.25) is 5.02 Å². The minimum Gasteiger partial charge on any atom is -0.364 e. The molecule has 1 N–H and O–H groups in total. The molecule has 2 nitrogen and oxygen atoms in total. The van der Waals surface area contributed by atoms with Crippen molar-refractivity contribution in [3.8, 4) is 6.07 Å². The van der Waals surface area contributed by atoms with Gasteiger partial charge in [-0.05, 0) is 46.6 Å². The van der Waals surface area contributed by atoms with Crippen LogP contribution in [0, 0.1) is 11.3 Å². The highest BCUT2D eigenvalue weighted by molar-refractivity contribution is 9.10. The molecule has 19 heavy (non-hydrogen) atoms. The van der Waals surface area contributed by atoms with Crippen molar-refractivity contribution in [3.05, 3.63) is 63.6 Å². The van der Waals surface area contributed by atoms with Crippen molar-refractivity contribution in [1.29, 1.82) is 5.26 Å². The Morgan fingerprint density at radius 2 is 1.89 bits per heavy atom. The van der Waals surface area contributed by atoms with Crippen molar-refractivity contribution in [1.82, 2.24) is 0 Å². The fraction of sp³-hybridized carbons (Fsp3) is 0.133. The third-order valence-electron chi connectivity index (χ3n) is 2.89. The molecule has 0 spiro atoms. The zero-order valence-electron chi connectivity index (χ0n) is 10.3. The molecule has 0 aliphatic heterocycles. The Kier molecular flexibility index (Phi) is 4.14. The summed E-state index contributed by atoms with van der Waals surface area (Å²) in [6.07, 6.45) is 0. The Hall–Kier alpha value is -1.50. The van der Waals surface area contributed by atoms with E-state index in [1.54, 1.807) is 6.07 Å². The van der Waals surface area contributed by atoms with Crippen LogP contribution in [0.5, 0.6) is 0 Å². The van der Waals surface area contributed by atoms with Gasteiger partial charge in [0.1, 0.15) is 5.54 Å². The molecule has 0 radical (unpaired) electrons. The number of benzene rings is 2. The Morgan fingerprint density at radius 1 is 1.21 bits per heavy atom. The highest BCUT2D eigenvalue weighted by Gasteiger charge is 2.25. The molecule has 0 fully saturated rings. The molecule has 0 bridgehead atoms.